The Balaban J connectivity index is 2.09. The monoisotopic (exact) mass is 215 g/mol. The molecule has 2 rings (SSSR count). The van der Waals surface area contributed by atoms with Crippen LogP contribution in [0.2, 0.25) is 0 Å². The fourth-order valence-corrected chi connectivity index (χ4v) is 1.51. The van der Waals surface area contributed by atoms with Gasteiger partial charge in [-0.25, -0.2) is 4.39 Å². The molecule has 0 bridgehead atoms. The van der Waals surface area contributed by atoms with E-state index in [0.717, 1.165) is 16.9 Å². The first kappa shape index (κ1) is 10.4. The summed E-state index contributed by atoms with van der Waals surface area (Å²) in [5.41, 5.74) is 1.86. The van der Waals surface area contributed by atoms with Crippen molar-refractivity contribution < 1.29 is 8.81 Å². The lowest BCUT2D eigenvalue weighted by Gasteiger charge is -1.97. The summed E-state index contributed by atoms with van der Waals surface area (Å²) in [7, 11) is 0. The van der Waals surface area contributed by atoms with Crippen molar-refractivity contribution in [2.75, 3.05) is 0 Å². The van der Waals surface area contributed by atoms with Crippen LogP contribution in [0.4, 0.5) is 4.39 Å². The van der Waals surface area contributed by atoms with Gasteiger partial charge in [0.05, 0.1) is 18.8 Å². The van der Waals surface area contributed by atoms with Gasteiger partial charge in [-0.05, 0) is 23.8 Å². The van der Waals surface area contributed by atoms with Crippen LogP contribution in [0.1, 0.15) is 16.9 Å². The first-order valence-corrected chi connectivity index (χ1v) is 4.95. The molecule has 0 saturated carbocycles. The Morgan fingerprint density at radius 1 is 1.19 bits per heavy atom. The molecule has 3 heteroatoms. The van der Waals surface area contributed by atoms with Crippen LogP contribution >= 0.6 is 0 Å². The van der Waals surface area contributed by atoms with Gasteiger partial charge in [-0.3, -0.25) is 0 Å². The number of hydrogen-bond donors (Lipinski definition) is 0. The average Bonchev–Trinajstić information content (AvgIpc) is 2.70. The smallest absolute Gasteiger partial charge is 0.123 e. The lowest BCUT2D eigenvalue weighted by molar-refractivity contribution is 0.519. The molecule has 0 radical (unpaired) electrons. The SMILES string of the molecule is N#CCc1coc(Cc2ccc(F)cc2)c1. The second-order valence-corrected chi connectivity index (χ2v) is 3.56. The highest BCUT2D eigenvalue weighted by molar-refractivity contribution is 5.24. The predicted octanol–water partition coefficient (Wildman–Crippen LogP) is 3.08. The fourth-order valence-electron chi connectivity index (χ4n) is 1.51. The maximum atomic E-state index is 12.7. The second kappa shape index (κ2) is 4.63. The largest absolute Gasteiger partial charge is 0.469 e. The first-order valence-electron chi connectivity index (χ1n) is 4.95. The number of halogens is 1. The number of nitrogens with zero attached hydrogens (tertiary/aromatic N) is 1. The zero-order valence-corrected chi connectivity index (χ0v) is 8.61. The number of hydrogen-bond acceptors (Lipinski definition) is 2. The van der Waals surface area contributed by atoms with Gasteiger partial charge >= 0.3 is 0 Å². The summed E-state index contributed by atoms with van der Waals surface area (Å²) in [4.78, 5) is 0. The molecule has 80 valence electrons. The van der Waals surface area contributed by atoms with E-state index in [0.29, 0.717) is 12.8 Å². The van der Waals surface area contributed by atoms with Gasteiger partial charge in [-0.1, -0.05) is 12.1 Å². The lowest BCUT2D eigenvalue weighted by Crippen LogP contribution is -1.85. The molecule has 0 unspecified atom stereocenters. The van der Waals surface area contributed by atoms with E-state index in [1.54, 1.807) is 18.4 Å². The molecule has 0 spiro atoms. The Labute approximate surface area is 92.9 Å². The van der Waals surface area contributed by atoms with Crippen molar-refractivity contribution in [1.82, 2.24) is 0 Å². The number of nitriles is 1. The molecule has 0 aliphatic rings. The fraction of sp³-hybridized carbons (Fsp3) is 0.154. The zero-order valence-electron chi connectivity index (χ0n) is 8.61. The minimum absolute atomic E-state index is 0.242. The summed E-state index contributed by atoms with van der Waals surface area (Å²) in [5.74, 6) is 0.547. The minimum atomic E-state index is -0.242. The molecule has 0 fully saturated rings. The summed E-state index contributed by atoms with van der Waals surface area (Å²) >= 11 is 0. The van der Waals surface area contributed by atoms with Crippen molar-refractivity contribution in [3.05, 3.63) is 59.3 Å². The van der Waals surface area contributed by atoms with Crippen molar-refractivity contribution in [2.24, 2.45) is 0 Å². The molecule has 1 aromatic carbocycles. The van der Waals surface area contributed by atoms with Crippen molar-refractivity contribution in [3.63, 3.8) is 0 Å². The van der Waals surface area contributed by atoms with E-state index < -0.39 is 0 Å². The Morgan fingerprint density at radius 2 is 1.94 bits per heavy atom. The molecule has 0 N–H and O–H groups in total. The van der Waals surface area contributed by atoms with E-state index in [4.69, 9.17) is 9.68 Å². The van der Waals surface area contributed by atoms with Gasteiger partial charge in [0.25, 0.3) is 0 Å². The molecule has 0 aliphatic carbocycles. The Hall–Kier alpha value is -2.08. The molecule has 0 saturated heterocycles. The van der Waals surface area contributed by atoms with Crippen LogP contribution in [0.15, 0.2) is 41.0 Å². The van der Waals surface area contributed by atoms with Crippen LogP contribution in [0.3, 0.4) is 0 Å². The Kier molecular flexibility index (Phi) is 3.02. The summed E-state index contributed by atoms with van der Waals surface area (Å²) in [6.07, 6.45) is 2.56. The lowest BCUT2D eigenvalue weighted by atomic mass is 10.1. The van der Waals surface area contributed by atoms with E-state index in [-0.39, 0.29) is 5.82 Å². The van der Waals surface area contributed by atoms with E-state index >= 15 is 0 Å². The molecular formula is C13H10FNO. The highest BCUT2D eigenvalue weighted by Gasteiger charge is 2.03. The van der Waals surface area contributed by atoms with Crippen LogP contribution in [-0.4, -0.2) is 0 Å². The van der Waals surface area contributed by atoms with Crippen molar-refractivity contribution in [3.8, 4) is 6.07 Å². The van der Waals surface area contributed by atoms with Crippen molar-refractivity contribution >= 4 is 0 Å². The third kappa shape index (κ3) is 2.48. The molecule has 0 atom stereocenters. The minimum Gasteiger partial charge on any atom is -0.469 e. The van der Waals surface area contributed by atoms with Crippen LogP contribution in [0, 0.1) is 17.1 Å². The molecule has 1 heterocycles. The van der Waals surface area contributed by atoms with Crippen LogP contribution < -0.4 is 0 Å². The number of rotatable bonds is 3. The molecular weight excluding hydrogens is 205 g/mol. The quantitative estimate of drug-likeness (QED) is 0.788. The number of benzene rings is 1. The normalized spacial score (nSPS) is 10.0. The van der Waals surface area contributed by atoms with Crippen LogP contribution in [0.5, 0.6) is 0 Å². The first-order chi connectivity index (χ1) is 7.78. The van der Waals surface area contributed by atoms with E-state index in [2.05, 4.69) is 6.07 Å². The Bertz CT molecular complexity index is 507. The maximum Gasteiger partial charge on any atom is 0.123 e. The highest BCUT2D eigenvalue weighted by atomic mass is 19.1. The third-order valence-electron chi connectivity index (χ3n) is 2.28. The van der Waals surface area contributed by atoms with Gasteiger partial charge in [0.15, 0.2) is 0 Å². The highest BCUT2D eigenvalue weighted by Crippen LogP contribution is 2.14. The number of furan rings is 1. The second-order valence-electron chi connectivity index (χ2n) is 3.56. The van der Waals surface area contributed by atoms with Crippen molar-refractivity contribution in [2.45, 2.75) is 12.8 Å². The van der Waals surface area contributed by atoms with E-state index in [1.807, 2.05) is 6.07 Å². The van der Waals surface area contributed by atoms with Gasteiger partial charge in [-0.15, -0.1) is 0 Å². The standard InChI is InChI=1S/C13H10FNO/c14-12-3-1-10(2-4-12)7-13-8-11(5-6-15)9-16-13/h1-4,8-9H,5,7H2. The molecule has 2 aromatic rings. The van der Waals surface area contributed by atoms with Gasteiger partial charge in [0.1, 0.15) is 11.6 Å². The summed E-state index contributed by atoms with van der Waals surface area (Å²) in [6.45, 7) is 0. The zero-order chi connectivity index (χ0) is 11.4. The molecule has 0 aliphatic heterocycles. The van der Waals surface area contributed by atoms with Gasteiger partial charge < -0.3 is 4.42 Å². The summed E-state index contributed by atoms with van der Waals surface area (Å²) in [5, 5.41) is 8.52. The predicted molar refractivity (Wildman–Crippen MR) is 57.2 cm³/mol. The van der Waals surface area contributed by atoms with E-state index in [9.17, 15) is 4.39 Å². The average molecular weight is 215 g/mol. The summed E-state index contributed by atoms with van der Waals surface area (Å²) < 4.78 is 18.0. The van der Waals surface area contributed by atoms with Gasteiger partial charge in [-0.2, -0.15) is 5.26 Å². The Morgan fingerprint density at radius 3 is 2.62 bits per heavy atom. The topological polar surface area (TPSA) is 36.9 Å². The van der Waals surface area contributed by atoms with Crippen LogP contribution in [-0.2, 0) is 12.8 Å². The molecule has 16 heavy (non-hydrogen) atoms. The van der Waals surface area contributed by atoms with Crippen molar-refractivity contribution in [1.29, 1.82) is 5.26 Å². The van der Waals surface area contributed by atoms with E-state index in [1.165, 1.54) is 12.1 Å². The molecule has 2 nitrogen and oxygen atoms in total. The maximum absolute atomic E-state index is 12.7. The van der Waals surface area contributed by atoms with Gasteiger partial charge in [0, 0.05) is 12.0 Å². The third-order valence-corrected chi connectivity index (χ3v) is 2.28. The molecule has 1 aromatic heterocycles. The van der Waals surface area contributed by atoms with Gasteiger partial charge in [0.2, 0.25) is 0 Å². The molecule has 0 amide bonds. The van der Waals surface area contributed by atoms with Crippen LogP contribution in [0.25, 0.3) is 0 Å². The summed E-state index contributed by atoms with van der Waals surface area (Å²) in [6, 6.07) is 10.2.